The molecule has 218 valence electrons. The number of aromatic nitrogens is 5. The van der Waals surface area contributed by atoms with Gasteiger partial charge >= 0.3 is 0 Å². The Morgan fingerprint density at radius 1 is 0.881 bits per heavy atom. The summed E-state index contributed by atoms with van der Waals surface area (Å²) in [6.45, 7) is 4.68. The number of nitrogens with one attached hydrogen (secondary N) is 1. The average Bonchev–Trinajstić information content (AvgIpc) is 3.53. The lowest BCUT2D eigenvalue weighted by molar-refractivity contribution is 0.0828. The summed E-state index contributed by atoms with van der Waals surface area (Å²) in [5.41, 5.74) is 12.1. The fourth-order valence-electron chi connectivity index (χ4n) is 6.66. The fourth-order valence-corrected chi connectivity index (χ4v) is 6.97. The van der Waals surface area contributed by atoms with Crippen molar-refractivity contribution in [1.82, 2.24) is 33.9 Å². The number of halogens is 2. The molecule has 42 heavy (non-hydrogen) atoms. The van der Waals surface area contributed by atoms with E-state index in [1.165, 1.54) is 25.9 Å². The SMILES string of the molecule is CN1CCN([C@H]2CC[C@@H](n3cc(-c4ccc(Nc5nc6cc(Cl)c(Cl)cc6n5C)cc4)c4c(N)ncnc43)CC2)CC1. The molecule has 3 N–H and O–H groups in total. The van der Waals surface area contributed by atoms with E-state index in [4.69, 9.17) is 38.9 Å². The Bertz CT molecular complexity index is 1740. The molecule has 0 unspecified atom stereocenters. The number of aryl methyl sites for hydroxylation is 1. The van der Waals surface area contributed by atoms with Crippen molar-refractivity contribution in [3.8, 4) is 11.1 Å². The number of nitrogens with two attached hydrogens (primary N) is 1. The normalized spacial score (nSPS) is 20.5. The smallest absolute Gasteiger partial charge is 0.208 e. The molecule has 1 aliphatic carbocycles. The number of anilines is 3. The monoisotopic (exact) mass is 603 g/mol. The Morgan fingerprint density at radius 2 is 1.57 bits per heavy atom. The molecule has 1 saturated heterocycles. The van der Waals surface area contributed by atoms with Gasteiger partial charge in [-0.15, -0.1) is 0 Å². The van der Waals surface area contributed by atoms with Crippen LogP contribution in [-0.4, -0.2) is 73.2 Å². The molecule has 0 bridgehead atoms. The average molecular weight is 605 g/mol. The number of likely N-dealkylation sites (N-methyl/N-ethyl adjacent to an activating group) is 1. The van der Waals surface area contributed by atoms with E-state index in [1.807, 2.05) is 17.7 Å². The van der Waals surface area contributed by atoms with Gasteiger partial charge in [-0.25, -0.2) is 15.0 Å². The van der Waals surface area contributed by atoms with E-state index in [2.05, 4.69) is 62.2 Å². The van der Waals surface area contributed by atoms with E-state index < -0.39 is 0 Å². The standard InChI is InChI=1S/C31H35Cl2N9/c1-39-11-13-41(14-12-39)21-7-9-22(10-8-21)42-17-23(28-29(34)35-18-36-30(28)42)19-3-5-20(6-4-19)37-31-38-26-15-24(32)25(33)16-27(26)40(31)2/h3-6,15-18,21-22H,7-14H2,1-2H3,(H,37,38)(H2,34,35,36)/t21-,22+. The Morgan fingerprint density at radius 3 is 2.31 bits per heavy atom. The summed E-state index contributed by atoms with van der Waals surface area (Å²) in [6.07, 6.45) is 8.52. The van der Waals surface area contributed by atoms with Crippen molar-refractivity contribution in [1.29, 1.82) is 0 Å². The molecule has 1 aliphatic heterocycles. The first kappa shape index (κ1) is 27.5. The Hall–Kier alpha value is -3.37. The van der Waals surface area contributed by atoms with E-state index in [-0.39, 0.29) is 0 Å². The van der Waals surface area contributed by atoms with E-state index in [9.17, 15) is 0 Å². The first-order valence-corrected chi connectivity index (χ1v) is 15.3. The Labute approximate surface area is 255 Å². The van der Waals surface area contributed by atoms with Crippen LogP contribution in [0.5, 0.6) is 0 Å². The fraction of sp³-hybridized carbons (Fsp3) is 0.387. The molecule has 0 spiro atoms. The summed E-state index contributed by atoms with van der Waals surface area (Å²) in [4.78, 5) is 18.9. The van der Waals surface area contributed by atoms with Gasteiger partial charge in [0.1, 0.15) is 17.8 Å². The number of hydrogen-bond donors (Lipinski definition) is 2. The van der Waals surface area contributed by atoms with Crippen LogP contribution >= 0.6 is 23.2 Å². The minimum absolute atomic E-state index is 0.403. The van der Waals surface area contributed by atoms with E-state index >= 15 is 0 Å². The van der Waals surface area contributed by atoms with Crippen molar-refractivity contribution in [3.05, 3.63) is 59.0 Å². The first-order valence-electron chi connectivity index (χ1n) is 14.6. The highest BCUT2D eigenvalue weighted by Gasteiger charge is 2.30. The van der Waals surface area contributed by atoms with Crippen molar-refractivity contribution in [2.45, 2.75) is 37.8 Å². The number of imidazole rings is 1. The van der Waals surface area contributed by atoms with Crippen LogP contribution in [0.3, 0.4) is 0 Å². The Balaban J connectivity index is 1.13. The third kappa shape index (κ3) is 4.98. The summed E-state index contributed by atoms with van der Waals surface area (Å²) >= 11 is 12.4. The van der Waals surface area contributed by atoms with Crippen LogP contribution in [0.1, 0.15) is 31.7 Å². The molecule has 0 radical (unpaired) electrons. The summed E-state index contributed by atoms with van der Waals surface area (Å²) in [5, 5.41) is 5.34. The van der Waals surface area contributed by atoms with Crippen molar-refractivity contribution in [3.63, 3.8) is 0 Å². The van der Waals surface area contributed by atoms with Gasteiger partial charge in [-0.1, -0.05) is 35.3 Å². The van der Waals surface area contributed by atoms with Crippen LogP contribution in [0.4, 0.5) is 17.5 Å². The molecule has 5 aromatic rings. The molecule has 4 heterocycles. The molecule has 7 rings (SSSR count). The molecule has 2 aromatic carbocycles. The maximum Gasteiger partial charge on any atom is 0.208 e. The highest BCUT2D eigenvalue weighted by atomic mass is 35.5. The summed E-state index contributed by atoms with van der Waals surface area (Å²) in [7, 11) is 4.17. The van der Waals surface area contributed by atoms with Gasteiger partial charge in [-0.3, -0.25) is 4.90 Å². The molecular formula is C31H35Cl2N9. The summed E-state index contributed by atoms with van der Waals surface area (Å²) in [6, 6.07) is 13.0. The van der Waals surface area contributed by atoms with Crippen molar-refractivity contribution in [2.24, 2.45) is 7.05 Å². The maximum absolute atomic E-state index is 6.46. The highest BCUT2D eigenvalue weighted by Crippen LogP contribution is 2.39. The lowest BCUT2D eigenvalue weighted by Gasteiger charge is -2.41. The van der Waals surface area contributed by atoms with Crippen LogP contribution in [-0.2, 0) is 7.05 Å². The van der Waals surface area contributed by atoms with E-state index in [1.54, 1.807) is 12.4 Å². The molecule has 0 atom stereocenters. The minimum atomic E-state index is 0.403. The topological polar surface area (TPSA) is 93.1 Å². The second-order valence-corrected chi connectivity index (χ2v) is 12.5. The van der Waals surface area contributed by atoms with Crippen molar-refractivity contribution < 1.29 is 0 Å². The lowest BCUT2D eigenvalue weighted by Crippen LogP contribution is -2.49. The van der Waals surface area contributed by atoms with Crippen LogP contribution in [0.25, 0.3) is 33.2 Å². The van der Waals surface area contributed by atoms with Gasteiger partial charge in [0, 0.05) is 62.8 Å². The maximum atomic E-state index is 6.46. The zero-order valence-corrected chi connectivity index (χ0v) is 25.4. The molecule has 9 nitrogen and oxygen atoms in total. The van der Waals surface area contributed by atoms with Crippen LogP contribution in [0, 0.1) is 0 Å². The predicted molar refractivity (Wildman–Crippen MR) is 172 cm³/mol. The lowest BCUT2D eigenvalue weighted by atomic mass is 9.89. The number of piperazine rings is 1. The summed E-state index contributed by atoms with van der Waals surface area (Å²) in [5.74, 6) is 1.22. The molecule has 0 amide bonds. The van der Waals surface area contributed by atoms with E-state index in [0.29, 0.717) is 33.9 Å². The molecule has 2 aliphatic rings. The number of benzene rings is 2. The van der Waals surface area contributed by atoms with Gasteiger partial charge in [-0.2, -0.15) is 0 Å². The zero-order valence-electron chi connectivity index (χ0n) is 23.9. The number of nitrogen functional groups attached to an aromatic ring is 1. The molecule has 1 saturated carbocycles. The van der Waals surface area contributed by atoms with Gasteiger partial charge in [0.25, 0.3) is 0 Å². The van der Waals surface area contributed by atoms with Crippen LogP contribution in [0.2, 0.25) is 10.0 Å². The number of nitrogens with zero attached hydrogens (tertiary/aromatic N) is 7. The van der Waals surface area contributed by atoms with Gasteiger partial charge in [0.2, 0.25) is 5.95 Å². The van der Waals surface area contributed by atoms with Gasteiger partial charge in [-0.05, 0) is 62.6 Å². The van der Waals surface area contributed by atoms with Crippen LogP contribution in [0.15, 0.2) is 48.9 Å². The molecular weight excluding hydrogens is 569 g/mol. The van der Waals surface area contributed by atoms with E-state index in [0.717, 1.165) is 64.8 Å². The number of fused-ring (bicyclic) bond motifs is 2. The quantitative estimate of drug-likeness (QED) is 0.242. The predicted octanol–water partition coefficient (Wildman–Crippen LogP) is 6.35. The van der Waals surface area contributed by atoms with Crippen LogP contribution < -0.4 is 11.1 Å². The number of rotatable bonds is 5. The second-order valence-electron chi connectivity index (χ2n) is 11.7. The molecule has 3 aromatic heterocycles. The van der Waals surface area contributed by atoms with Crippen molar-refractivity contribution in [2.75, 3.05) is 44.3 Å². The van der Waals surface area contributed by atoms with Gasteiger partial charge in [0.15, 0.2) is 0 Å². The molecule has 2 fully saturated rings. The third-order valence-corrected chi connectivity index (χ3v) is 9.85. The number of hydrogen-bond acceptors (Lipinski definition) is 7. The summed E-state index contributed by atoms with van der Waals surface area (Å²) < 4.78 is 4.32. The van der Waals surface area contributed by atoms with Crippen molar-refractivity contribution >= 4 is 62.7 Å². The second kappa shape index (κ2) is 11.0. The largest absolute Gasteiger partial charge is 0.383 e. The third-order valence-electron chi connectivity index (χ3n) is 9.13. The van der Waals surface area contributed by atoms with Gasteiger partial charge < -0.3 is 25.1 Å². The first-order chi connectivity index (χ1) is 20.4. The Kier molecular flexibility index (Phi) is 7.22. The highest BCUT2D eigenvalue weighted by molar-refractivity contribution is 6.42. The minimum Gasteiger partial charge on any atom is -0.383 e. The zero-order chi connectivity index (χ0) is 29.0. The molecule has 11 heteroatoms. The van der Waals surface area contributed by atoms with Gasteiger partial charge in [0.05, 0.1) is 26.5 Å².